The lowest BCUT2D eigenvalue weighted by molar-refractivity contribution is 0.824. The number of benzene rings is 3. The van der Waals surface area contributed by atoms with E-state index < -0.39 is 0 Å². The Bertz CT molecular complexity index is 1380. The number of hydrogen-bond acceptors (Lipinski definition) is 1. The van der Waals surface area contributed by atoms with Crippen molar-refractivity contribution in [2.45, 2.75) is 12.8 Å². The Labute approximate surface area is 162 Å². The molecule has 0 unspecified atom stereocenters. The molecule has 0 saturated carbocycles. The van der Waals surface area contributed by atoms with E-state index in [9.17, 15) is 0 Å². The van der Waals surface area contributed by atoms with Crippen LogP contribution in [0.2, 0.25) is 0 Å². The first kappa shape index (κ1) is 15.2. The molecule has 0 aliphatic heterocycles. The van der Waals surface area contributed by atoms with Crippen LogP contribution in [0, 0.1) is 0 Å². The lowest BCUT2D eigenvalue weighted by Crippen LogP contribution is -1.99. The number of rotatable bonds is 1. The quantitative estimate of drug-likeness (QED) is 0.297. The Morgan fingerprint density at radius 3 is 2.74 bits per heavy atom. The van der Waals surface area contributed by atoms with E-state index in [2.05, 4.69) is 84.4 Å². The fourth-order valence-corrected chi connectivity index (χ4v) is 5.82. The van der Waals surface area contributed by atoms with E-state index in [0.717, 1.165) is 12.8 Å². The number of hydrogen-bond donors (Lipinski definition) is 0. The third-order valence-electron chi connectivity index (χ3n) is 5.91. The highest BCUT2D eigenvalue weighted by molar-refractivity contribution is 7.26. The SMILES string of the molecule is Cn1c2c(c3cc(-c4cccc5c4sc4ccccc45)ccc31)C=CCC2. The largest absolute Gasteiger partial charge is 0.347 e. The monoisotopic (exact) mass is 365 g/mol. The van der Waals surface area contributed by atoms with Crippen LogP contribution in [0.1, 0.15) is 17.7 Å². The summed E-state index contributed by atoms with van der Waals surface area (Å²) in [4.78, 5) is 0. The fourth-order valence-electron chi connectivity index (χ4n) is 4.58. The molecule has 1 nitrogen and oxygen atoms in total. The molecule has 2 heterocycles. The van der Waals surface area contributed by atoms with Crippen LogP contribution in [0.3, 0.4) is 0 Å². The van der Waals surface area contributed by atoms with Crippen molar-refractivity contribution in [3.05, 3.63) is 78.0 Å². The maximum atomic E-state index is 2.39. The van der Waals surface area contributed by atoms with Gasteiger partial charge < -0.3 is 4.57 Å². The van der Waals surface area contributed by atoms with Crippen LogP contribution in [0.5, 0.6) is 0 Å². The molecular formula is C25H19NS. The summed E-state index contributed by atoms with van der Waals surface area (Å²) in [7, 11) is 2.20. The molecule has 6 rings (SSSR count). The van der Waals surface area contributed by atoms with Crippen molar-refractivity contribution in [2.24, 2.45) is 7.05 Å². The number of aromatic nitrogens is 1. The van der Waals surface area contributed by atoms with Gasteiger partial charge in [-0.15, -0.1) is 11.3 Å². The predicted molar refractivity (Wildman–Crippen MR) is 119 cm³/mol. The third kappa shape index (κ3) is 2.11. The van der Waals surface area contributed by atoms with Crippen LogP contribution in [-0.4, -0.2) is 4.57 Å². The molecule has 0 fully saturated rings. The summed E-state index contributed by atoms with van der Waals surface area (Å²) >= 11 is 1.90. The summed E-state index contributed by atoms with van der Waals surface area (Å²) in [6.45, 7) is 0. The summed E-state index contributed by atoms with van der Waals surface area (Å²) in [5.41, 5.74) is 6.85. The van der Waals surface area contributed by atoms with Crippen LogP contribution < -0.4 is 0 Å². The van der Waals surface area contributed by atoms with Gasteiger partial charge in [0.05, 0.1) is 0 Å². The van der Waals surface area contributed by atoms with Crippen molar-refractivity contribution < 1.29 is 0 Å². The smallest absolute Gasteiger partial charge is 0.0486 e. The minimum absolute atomic E-state index is 1.14. The molecule has 0 radical (unpaired) electrons. The average Bonchev–Trinajstić information content (AvgIpc) is 3.24. The van der Waals surface area contributed by atoms with E-state index in [1.165, 1.54) is 53.5 Å². The van der Waals surface area contributed by atoms with Gasteiger partial charge in [-0.1, -0.05) is 54.6 Å². The second-order valence-corrected chi connectivity index (χ2v) is 8.43. The minimum atomic E-state index is 1.14. The van der Waals surface area contributed by atoms with Crippen LogP contribution in [0.4, 0.5) is 0 Å². The second kappa shape index (κ2) is 5.58. The zero-order valence-electron chi connectivity index (χ0n) is 15.2. The zero-order valence-corrected chi connectivity index (χ0v) is 16.0. The van der Waals surface area contributed by atoms with Crippen molar-refractivity contribution in [3.8, 4) is 11.1 Å². The molecule has 0 atom stereocenters. The summed E-state index contributed by atoms with van der Waals surface area (Å²) in [6.07, 6.45) is 6.90. The molecule has 1 aliphatic carbocycles. The van der Waals surface area contributed by atoms with Crippen molar-refractivity contribution in [3.63, 3.8) is 0 Å². The van der Waals surface area contributed by atoms with Gasteiger partial charge in [-0.05, 0) is 42.2 Å². The Morgan fingerprint density at radius 1 is 0.889 bits per heavy atom. The Hall–Kier alpha value is -2.84. The van der Waals surface area contributed by atoms with E-state index in [1.807, 2.05) is 11.3 Å². The highest BCUT2D eigenvalue weighted by atomic mass is 32.1. The van der Waals surface area contributed by atoms with Gasteiger partial charge in [0.2, 0.25) is 0 Å². The molecule has 130 valence electrons. The lowest BCUT2D eigenvalue weighted by atomic mass is 9.98. The zero-order chi connectivity index (χ0) is 18.0. The van der Waals surface area contributed by atoms with E-state index in [4.69, 9.17) is 0 Å². The van der Waals surface area contributed by atoms with Crippen LogP contribution in [0.15, 0.2) is 66.7 Å². The van der Waals surface area contributed by atoms with Gasteiger partial charge in [-0.25, -0.2) is 0 Å². The normalized spacial score (nSPS) is 13.7. The van der Waals surface area contributed by atoms with Crippen LogP contribution in [-0.2, 0) is 13.5 Å². The molecule has 0 bridgehead atoms. The van der Waals surface area contributed by atoms with Crippen molar-refractivity contribution in [1.82, 2.24) is 4.57 Å². The maximum absolute atomic E-state index is 2.39. The van der Waals surface area contributed by atoms with Gasteiger partial charge >= 0.3 is 0 Å². The molecule has 0 N–H and O–H groups in total. The second-order valence-electron chi connectivity index (χ2n) is 7.37. The van der Waals surface area contributed by atoms with Gasteiger partial charge in [-0.2, -0.15) is 0 Å². The first-order valence-corrected chi connectivity index (χ1v) is 10.3. The fraction of sp³-hybridized carbons (Fsp3) is 0.120. The molecule has 1 aliphatic rings. The first-order valence-electron chi connectivity index (χ1n) is 9.50. The Morgan fingerprint density at radius 2 is 1.78 bits per heavy atom. The molecular weight excluding hydrogens is 346 g/mol. The standard InChI is InChI=1S/C25H19NS/c1-26-22-11-4-2-7-18(22)21-15-16(13-14-23(21)26)17-9-6-10-20-19-8-3-5-12-24(19)27-25(17)20/h2-3,5-10,12-15H,4,11H2,1H3. The average molecular weight is 366 g/mol. The van der Waals surface area contributed by atoms with Gasteiger partial charge in [0.1, 0.15) is 0 Å². The third-order valence-corrected chi connectivity index (χ3v) is 7.13. The van der Waals surface area contributed by atoms with Crippen molar-refractivity contribution in [2.75, 3.05) is 0 Å². The van der Waals surface area contributed by atoms with Crippen LogP contribution >= 0.6 is 11.3 Å². The number of aryl methyl sites for hydroxylation is 1. The van der Waals surface area contributed by atoms with Gasteiger partial charge in [0, 0.05) is 49.4 Å². The van der Waals surface area contributed by atoms with Gasteiger partial charge in [0.15, 0.2) is 0 Å². The van der Waals surface area contributed by atoms with E-state index >= 15 is 0 Å². The molecule has 5 aromatic rings. The van der Waals surface area contributed by atoms with Crippen LogP contribution in [0.25, 0.3) is 48.3 Å². The van der Waals surface area contributed by atoms with Gasteiger partial charge in [-0.3, -0.25) is 0 Å². The maximum Gasteiger partial charge on any atom is 0.0486 e. The highest BCUT2D eigenvalue weighted by Gasteiger charge is 2.17. The number of thiophene rings is 1. The van der Waals surface area contributed by atoms with Gasteiger partial charge in [0.25, 0.3) is 0 Å². The Kier molecular flexibility index (Phi) is 3.15. The molecule has 2 aromatic heterocycles. The summed E-state index contributed by atoms with van der Waals surface area (Å²) < 4.78 is 5.12. The predicted octanol–water partition coefficient (Wildman–Crippen LogP) is 7.17. The summed E-state index contributed by atoms with van der Waals surface area (Å²) in [5, 5.41) is 4.10. The van der Waals surface area contributed by atoms with Crippen molar-refractivity contribution in [1.29, 1.82) is 0 Å². The Balaban J connectivity index is 1.65. The summed E-state index contributed by atoms with van der Waals surface area (Å²) in [6, 6.07) is 22.4. The molecule has 3 aromatic carbocycles. The summed E-state index contributed by atoms with van der Waals surface area (Å²) in [5.74, 6) is 0. The van der Waals surface area contributed by atoms with E-state index in [1.54, 1.807) is 0 Å². The first-order chi connectivity index (χ1) is 13.3. The molecule has 27 heavy (non-hydrogen) atoms. The minimum Gasteiger partial charge on any atom is -0.347 e. The topological polar surface area (TPSA) is 4.93 Å². The van der Waals surface area contributed by atoms with E-state index in [0.29, 0.717) is 0 Å². The number of nitrogens with zero attached hydrogens (tertiary/aromatic N) is 1. The molecule has 0 saturated heterocycles. The number of fused-ring (bicyclic) bond motifs is 6. The molecule has 2 heteroatoms. The molecule has 0 amide bonds. The van der Waals surface area contributed by atoms with Crippen molar-refractivity contribution >= 4 is 48.5 Å². The highest BCUT2D eigenvalue weighted by Crippen LogP contribution is 2.41. The molecule has 0 spiro atoms. The number of allylic oxidation sites excluding steroid dienone is 1. The lowest BCUT2D eigenvalue weighted by Gasteiger charge is -2.07. The van der Waals surface area contributed by atoms with E-state index in [-0.39, 0.29) is 0 Å².